The zero-order valence-corrected chi connectivity index (χ0v) is 25.4. The van der Waals surface area contributed by atoms with Crippen molar-refractivity contribution in [3.8, 4) is 11.5 Å². The van der Waals surface area contributed by atoms with Crippen molar-refractivity contribution in [1.29, 1.82) is 0 Å². The third-order valence-corrected chi connectivity index (χ3v) is 7.38. The van der Waals surface area contributed by atoms with Crippen molar-refractivity contribution in [2.24, 2.45) is 10.9 Å². The molecule has 2 aromatic rings. The van der Waals surface area contributed by atoms with Gasteiger partial charge in [-0.1, -0.05) is 32.9 Å². The molecule has 0 aromatic heterocycles. The van der Waals surface area contributed by atoms with Crippen LogP contribution >= 0.6 is 0 Å². The summed E-state index contributed by atoms with van der Waals surface area (Å²) in [5.41, 5.74) is 3.40. The van der Waals surface area contributed by atoms with Crippen LogP contribution in [-0.4, -0.2) is 66.6 Å². The summed E-state index contributed by atoms with van der Waals surface area (Å²) in [5, 5.41) is 8.21. The maximum absolute atomic E-state index is 13.5. The molecule has 11 nitrogen and oxygen atoms in total. The number of rotatable bonds is 11. The number of carbonyl (C=O) groups excluding carboxylic acids is 4. The van der Waals surface area contributed by atoms with Crippen LogP contribution in [-0.2, 0) is 14.4 Å². The quantitative estimate of drug-likeness (QED) is 0.361. The molecule has 3 atom stereocenters. The molecule has 0 radical (unpaired) electrons. The Morgan fingerprint density at radius 3 is 2.37 bits per heavy atom. The van der Waals surface area contributed by atoms with Crippen LogP contribution in [0.15, 0.2) is 47.6 Å². The Morgan fingerprint density at radius 1 is 1.02 bits per heavy atom. The lowest BCUT2D eigenvalue weighted by atomic mass is 10.0. The van der Waals surface area contributed by atoms with Gasteiger partial charge in [-0.2, -0.15) is 0 Å². The van der Waals surface area contributed by atoms with Gasteiger partial charge in [0.1, 0.15) is 12.1 Å². The van der Waals surface area contributed by atoms with Crippen molar-refractivity contribution in [3.05, 3.63) is 53.7 Å². The van der Waals surface area contributed by atoms with Crippen LogP contribution in [0.3, 0.4) is 0 Å². The van der Waals surface area contributed by atoms with Gasteiger partial charge in [0, 0.05) is 37.0 Å². The number of amides is 4. The third kappa shape index (κ3) is 7.04. The number of fused-ring (bicyclic) bond motifs is 2. The van der Waals surface area contributed by atoms with E-state index in [0.29, 0.717) is 41.5 Å². The minimum atomic E-state index is -0.819. The molecule has 3 unspecified atom stereocenters. The highest BCUT2D eigenvalue weighted by Crippen LogP contribution is 2.39. The molecule has 2 aliphatic rings. The normalized spacial score (nSPS) is 16.8. The number of benzene rings is 2. The lowest BCUT2D eigenvalue weighted by Gasteiger charge is -2.23. The third-order valence-electron chi connectivity index (χ3n) is 7.38. The molecule has 3 N–H and O–H groups in total. The largest absolute Gasteiger partial charge is 0.493 e. The van der Waals surface area contributed by atoms with Gasteiger partial charge in [0.25, 0.3) is 5.91 Å². The Bertz CT molecular complexity index is 1450. The highest BCUT2D eigenvalue weighted by molar-refractivity contribution is 6.05. The van der Waals surface area contributed by atoms with Crippen LogP contribution < -0.4 is 25.4 Å². The standard InChI is InChI=1S/C32H39N5O6/c1-7-28(38)36-29(18(3)4)31(40)34-19(5)30(39)35-22-11-9-20(10-12-22)21-13-23-16-33-25-15-27(43-8-2)26(42-6)14-24(25)32(41)37(23)17-21/h9-12,14-19,23,29H,7-8,13H2,1-6H3,(H,34,40)(H,35,39)(H,36,38). The van der Waals surface area contributed by atoms with Gasteiger partial charge < -0.3 is 30.3 Å². The fraction of sp³-hybridized carbons (Fsp3) is 0.406. The second kappa shape index (κ2) is 13.5. The molecule has 0 fully saturated rings. The number of aliphatic imine (C=N–C) groups is 1. The molecule has 0 saturated carbocycles. The summed E-state index contributed by atoms with van der Waals surface area (Å²) in [7, 11) is 1.53. The molecule has 4 rings (SSSR count). The van der Waals surface area contributed by atoms with E-state index in [1.807, 2.05) is 39.1 Å². The van der Waals surface area contributed by atoms with E-state index in [1.54, 1.807) is 49.2 Å². The van der Waals surface area contributed by atoms with E-state index in [9.17, 15) is 19.2 Å². The average molecular weight is 590 g/mol. The van der Waals surface area contributed by atoms with E-state index in [-0.39, 0.29) is 36.1 Å². The summed E-state index contributed by atoms with van der Waals surface area (Å²) in [6.07, 6.45) is 4.46. The summed E-state index contributed by atoms with van der Waals surface area (Å²) in [5.74, 6) is -0.334. The number of anilines is 1. The first-order valence-corrected chi connectivity index (χ1v) is 14.5. The van der Waals surface area contributed by atoms with Gasteiger partial charge in [-0.05, 0) is 49.1 Å². The predicted octanol–water partition coefficient (Wildman–Crippen LogP) is 4.06. The SMILES string of the molecule is CCOc1cc2c(cc1OC)C(=O)N1C=C(c3ccc(NC(=O)C(C)NC(=O)C(NC(=O)CC)C(C)C)cc3)CC1C=N2. The predicted molar refractivity (Wildman–Crippen MR) is 165 cm³/mol. The Kier molecular flexibility index (Phi) is 9.84. The molecule has 0 saturated heterocycles. The summed E-state index contributed by atoms with van der Waals surface area (Å²) in [6.45, 7) is 9.30. The van der Waals surface area contributed by atoms with E-state index in [4.69, 9.17) is 9.47 Å². The van der Waals surface area contributed by atoms with E-state index in [2.05, 4.69) is 20.9 Å². The first-order valence-electron chi connectivity index (χ1n) is 14.5. The maximum Gasteiger partial charge on any atom is 0.260 e. The van der Waals surface area contributed by atoms with Gasteiger partial charge in [0.2, 0.25) is 17.7 Å². The van der Waals surface area contributed by atoms with Gasteiger partial charge in [-0.3, -0.25) is 24.2 Å². The molecule has 2 heterocycles. The fourth-order valence-electron chi connectivity index (χ4n) is 4.92. The van der Waals surface area contributed by atoms with Gasteiger partial charge in [0.05, 0.1) is 31.0 Å². The minimum absolute atomic E-state index is 0.139. The van der Waals surface area contributed by atoms with Gasteiger partial charge in [-0.25, -0.2) is 0 Å². The molecular weight excluding hydrogens is 550 g/mol. The number of methoxy groups -OCH3 is 1. The van der Waals surface area contributed by atoms with Crippen molar-refractivity contribution >= 4 is 46.8 Å². The van der Waals surface area contributed by atoms with Gasteiger partial charge >= 0.3 is 0 Å². The zero-order valence-electron chi connectivity index (χ0n) is 25.4. The van der Waals surface area contributed by atoms with Crippen molar-refractivity contribution in [2.75, 3.05) is 19.0 Å². The van der Waals surface area contributed by atoms with Gasteiger partial charge in [-0.15, -0.1) is 0 Å². The molecule has 43 heavy (non-hydrogen) atoms. The van der Waals surface area contributed by atoms with E-state index in [1.165, 1.54) is 7.11 Å². The van der Waals surface area contributed by atoms with Crippen LogP contribution in [0.2, 0.25) is 0 Å². The van der Waals surface area contributed by atoms with Crippen LogP contribution in [0.4, 0.5) is 11.4 Å². The fourth-order valence-corrected chi connectivity index (χ4v) is 4.92. The number of nitrogens with one attached hydrogen (secondary N) is 3. The van der Waals surface area contributed by atoms with Crippen LogP contribution in [0.1, 0.15) is 63.4 Å². The van der Waals surface area contributed by atoms with Crippen LogP contribution in [0.5, 0.6) is 11.5 Å². The molecular formula is C32H39N5O6. The summed E-state index contributed by atoms with van der Waals surface area (Å²) in [4.78, 5) is 57.1. The smallest absolute Gasteiger partial charge is 0.260 e. The molecule has 4 amide bonds. The average Bonchev–Trinajstić information content (AvgIpc) is 3.37. The number of hydrogen-bond acceptors (Lipinski definition) is 7. The number of nitrogens with zero attached hydrogens (tertiary/aromatic N) is 2. The minimum Gasteiger partial charge on any atom is -0.493 e. The maximum atomic E-state index is 13.5. The lowest BCUT2D eigenvalue weighted by molar-refractivity contribution is -0.131. The van der Waals surface area contributed by atoms with E-state index < -0.39 is 18.0 Å². The highest BCUT2D eigenvalue weighted by Gasteiger charge is 2.33. The monoisotopic (exact) mass is 589 g/mol. The van der Waals surface area contributed by atoms with Crippen molar-refractivity contribution < 1.29 is 28.7 Å². The van der Waals surface area contributed by atoms with Crippen molar-refractivity contribution in [2.45, 2.75) is 65.6 Å². The molecule has 0 aliphatic carbocycles. The summed E-state index contributed by atoms with van der Waals surface area (Å²) >= 11 is 0. The second-order valence-electron chi connectivity index (χ2n) is 10.8. The topological polar surface area (TPSA) is 138 Å². The molecule has 0 bridgehead atoms. The van der Waals surface area contributed by atoms with E-state index in [0.717, 1.165) is 11.1 Å². The van der Waals surface area contributed by atoms with Crippen molar-refractivity contribution in [1.82, 2.24) is 15.5 Å². The Morgan fingerprint density at radius 2 is 1.74 bits per heavy atom. The van der Waals surface area contributed by atoms with Gasteiger partial charge in [0.15, 0.2) is 11.5 Å². The molecule has 2 aliphatic heterocycles. The zero-order chi connectivity index (χ0) is 31.3. The number of hydrogen-bond donors (Lipinski definition) is 3. The Hall–Kier alpha value is -4.67. The highest BCUT2D eigenvalue weighted by atomic mass is 16.5. The first kappa shape index (κ1) is 31.3. The molecule has 11 heteroatoms. The molecule has 228 valence electrons. The van der Waals surface area contributed by atoms with Crippen LogP contribution in [0.25, 0.3) is 5.57 Å². The molecule has 0 spiro atoms. The lowest BCUT2D eigenvalue weighted by Crippen LogP contribution is -2.53. The Balaban J connectivity index is 1.41. The van der Waals surface area contributed by atoms with Crippen LogP contribution in [0, 0.1) is 5.92 Å². The number of ether oxygens (including phenoxy) is 2. The summed E-state index contributed by atoms with van der Waals surface area (Å²) in [6, 6.07) is 8.90. The number of carbonyl (C=O) groups is 4. The van der Waals surface area contributed by atoms with Crippen molar-refractivity contribution in [3.63, 3.8) is 0 Å². The van der Waals surface area contributed by atoms with E-state index >= 15 is 0 Å². The summed E-state index contributed by atoms with van der Waals surface area (Å²) < 4.78 is 11.1. The Labute approximate surface area is 251 Å². The second-order valence-corrected chi connectivity index (χ2v) is 10.8. The first-order chi connectivity index (χ1) is 20.6. The molecule has 2 aromatic carbocycles.